The minimum Gasteiger partial charge on any atom is -0.444 e. The highest BCUT2D eigenvalue weighted by Gasteiger charge is 2.41. The number of likely N-dealkylation sites (tertiary alicyclic amines) is 1. The normalized spacial score (nSPS) is 19.6. The molecule has 0 spiro atoms. The van der Waals surface area contributed by atoms with Gasteiger partial charge in [-0.1, -0.05) is 12.1 Å². The SMILES string of the molecule is CC(C)(C)OC(=O)N1CCCCC1C(=O)N(Cc1ccc(C#N)cc1)C1CC1. The standard InChI is InChI=1S/C22H29N3O3/c1-22(2,3)28-21(27)24-13-5-4-6-19(24)20(26)25(18-11-12-18)15-17-9-7-16(14-23)8-10-17/h7-10,18-19H,4-6,11-13,15H2,1-3H3. The summed E-state index contributed by atoms with van der Waals surface area (Å²) in [6.45, 7) is 6.59. The molecule has 1 aliphatic heterocycles. The molecule has 0 N–H and O–H groups in total. The lowest BCUT2D eigenvalue weighted by Gasteiger charge is -2.38. The van der Waals surface area contributed by atoms with Crippen LogP contribution < -0.4 is 0 Å². The molecule has 1 saturated carbocycles. The number of benzene rings is 1. The van der Waals surface area contributed by atoms with Crippen LogP contribution in [0.15, 0.2) is 24.3 Å². The quantitative estimate of drug-likeness (QED) is 0.792. The van der Waals surface area contributed by atoms with Crippen LogP contribution in [0.5, 0.6) is 0 Å². The fourth-order valence-corrected chi connectivity index (χ4v) is 3.57. The first kappa shape index (κ1) is 20.2. The molecule has 6 nitrogen and oxygen atoms in total. The zero-order valence-electron chi connectivity index (χ0n) is 17.0. The number of nitriles is 1. The Morgan fingerprint density at radius 2 is 1.86 bits per heavy atom. The second kappa shape index (κ2) is 8.22. The molecule has 0 aromatic heterocycles. The Balaban J connectivity index is 1.75. The maximum atomic E-state index is 13.4. The van der Waals surface area contributed by atoms with Crippen LogP contribution in [0.3, 0.4) is 0 Å². The van der Waals surface area contributed by atoms with E-state index in [0.717, 1.165) is 31.2 Å². The van der Waals surface area contributed by atoms with Gasteiger partial charge in [0.2, 0.25) is 5.91 Å². The van der Waals surface area contributed by atoms with Crippen molar-refractivity contribution in [3.05, 3.63) is 35.4 Å². The van der Waals surface area contributed by atoms with Crippen molar-refractivity contribution in [2.45, 2.75) is 77.1 Å². The minimum atomic E-state index is -0.583. The van der Waals surface area contributed by atoms with Crippen LogP contribution in [0.1, 0.15) is 64.0 Å². The molecule has 28 heavy (non-hydrogen) atoms. The van der Waals surface area contributed by atoms with E-state index in [-0.39, 0.29) is 11.9 Å². The highest BCUT2D eigenvalue weighted by Crippen LogP contribution is 2.31. The number of nitrogens with zero attached hydrogens (tertiary/aromatic N) is 3. The molecule has 1 heterocycles. The van der Waals surface area contributed by atoms with Crippen molar-refractivity contribution in [1.82, 2.24) is 9.80 Å². The molecule has 6 heteroatoms. The third-order valence-corrected chi connectivity index (χ3v) is 5.12. The summed E-state index contributed by atoms with van der Waals surface area (Å²) < 4.78 is 5.54. The van der Waals surface area contributed by atoms with Crippen LogP contribution in [-0.2, 0) is 16.1 Å². The molecule has 1 saturated heterocycles. The summed E-state index contributed by atoms with van der Waals surface area (Å²) in [7, 11) is 0. The lowest BCUT2D eigenvalue weighted by Crippen LogP contribution is -2.54. The summed E-state index contributed by atoms with van der Waals surface area (Å²) in [6, 6.07) is 9.25. The van der Waals surface area contributed by atoms with Crippen LogP contribution >= 0.6 is 0 Å². The lowest BCUT2D eigenvalue weighted by molar-refractivity contribution is -0.139. The van der Waals surface area contributed by atoms with Gasteiger partial charge in [-0.15, -0.1) is 0 Å². The third-order valence-electron chi connectivity index (χ3n) is 5.12. The summed E-state index contributed by atoms with van der Waals surface area (Å²) in [5.41, 5.74) is 1.02. The van der Waals surface area contributed by atoms with E-state index in [0.29, 0.717) is 25.1 Å². The molecule has 2 aliphatic rings. The number of ether oxygens (including phenoxy) is 1. The van der Waals surface area contributed by atoms with Gasteiger partial charge in [0.05, 0.1) is 11.6 Å². The Kier molecular flexibility index (Phi) is 5.93. The van der Waals surface area contributed by atoms with Crippen molar-refractivity contribution >= 4 is 12.0 Å². The van der Waals surface area contributed by atoms with Gasteiger partial charge in [-0.05, 0) is 70.6 Å². The second-order valence-corrected chi connectivity index (χ2v) is 8.69. The van der Waals surface area contributed by atoms with Gasteiger partial charge in [0.25, 0.3) is 0 Å². The summed E-state index contributed by atoms with van der Waals surface area (Å²) >= 11 is 0. The van der Waals surface area contributed by atoms with Crippen LogP contribution in [-0.4, -0.2) is 46.0 Å². The molecule has 1 aromatic rings. The Hall–Kier alpha value is -2.55. The Labute approximate surface area is 167 Å². The van der Waals surface area contributed by atoms with E-state index in [4.69, 9.17) is 10.00 Å². The molecule has 1 aliphatic carbocycles. The first-order valence-corrected chi connectivity index (χ1v) is 10.1. The largest absolute Gasteiger partial charge is 0.444 e. The van der Waals surface area contributed by atoms with E-state index in [9.17, 15) is 9.59 Å². The molecular weight excluding hydrogens is 354 g/mol. The average Bonchev–Trinajstić information content (AvgIpc) is 3.50. The van der Waals surface area contributed by atoms with Gasteiger partial charge in [0.1, 0.15) is 11.6 Å². The maximum absolute atomic E-state index is 13.4. The number of amides is 2. The number of carbonyl (C=O) groups excluding carboxylic acids is 2. The number of hydrogen-bond acceptors (Lipinski definition) is 4. The molecular formula is C22H29N3O3. The second-order valence-electron chi connectivity index (χ2n) is 8.69. The van der Waals surface area contributed by atoms with Crippen LogP contribution in [0.25, 0.3) is 0 Å². The van der Waals surface area contributed by atoms with Crippen molar-refractivity contribution in [3.63, 3.8) is 0 Å². The Morgan fingerprint density at radius 3 is 2.43 bits per heavy atom. The van der Waals surface area contributed by atoms with E-state index in [2.05, 4.69) is 6.07 Å². The summed E-state index contributed by atoms with van der Waals surface area (Å²) in [5, 5.41) is 8.96. The van der Waals surface area contributed by atoms with Crippen LogP contribution in [0.4, 0.5) is 4.79 Å². The van der Waals surface area contributed by atoms with E-state index >= 15 is 0 Å². The van der Waals surface area contributed by atoms with Crippen molar-refractivity contribution in [2.75, 3.05) is 6.54 Å². The molecule has 3 rings (SSSR count). The van der Waals surface area contributed by atoms with Crippen molar-refractivity contribution in [2.24, 2.45) is 0 Å². The molecule has 1 aromatic carbocycles. The summed E-state index contributed by atoms with van der Waals surface area (Å²) in [5.74, 6) is 0.0115. The fraction of sp³-hybridized carbons (Fsp3) is 0.591. The highest BCUT2D eigenvalue weighted by atomic mass is 16.6. The molecule has 0 radical (unpaired) electrons. The van der Waals surface area contributed by atoms with Crippen molar-refractivity contribution in [1.29, 1.82) is 5.26 Å². The van der Waals surface area contributed by atoms with Gasteiger partial charge in [-0.25, -0.2) is 4.79 Å². The minimum absolute atomic E-state index is 0.0115. The first-order valence-electron chi connectivity index (χ1n) is 10.1. The number of rotatable bonds is 4. The van der Waals surface area contributed by atoms with Gasteiger partial charge in [0.15, 0.2) is 0 Å². The van der Waals surface area contributed by atoms with Gasteiger partial charge < -0.3 is 9.64 Å². The third kappa shape index (κ3) is 5.03. The zero-order chi connectivity index (χ0) is 20.3. The lowest BCUT2D eigenvalue weighted by atomic mass is 10.0. The van der Waals surface area contributed by atoms with Gasteiger partial charge >= 0.3 is 6.09 Å². The van der Waals surface area contributed by atoms with Crippen molar-refractivity contribution < 1.29 is 14.3 Å². The van der Waals surface area contributed by atoms with E-state index in [1.807, 2.05) is 37.8 Å². The Bertz CT molecular complexity index is 757. The number of hydrogen-bond donors (Lipinski definition) is 0. The number of carbonyl (C=O) groups is 2. The molecule has 2 amide bonds. The topological polar surface area (TPSA) is 73.6 Å². The van der Waals surface area contributed by atoms with E-state index < -0.39 is 17.7 Å². The summed E-state index contributed by atoms with van der Waals surface area (Å²) in [4.78, 5) is 29.6. The van der Waals surface area contributed by atoms with Gasteiger partial charge in [0, 0.05) is 19.1 Å². The fourth-order valence-electron chi connectivity index (χ4n) is 3.57. The first-order chi connectivity index (χ1) is 13.3. The summed E-state index contributed by atoms with van der Waals surface area (Å²) in [6.07, 6.45) is 4.10. The molecule has 0 bridgehead atoms. The van der Waals surface area contributed by atoms with E-state index in [1.54, 1.807) is 17.0 Å². The maximum Gasteiger partial charge on any atom is 0.410 e. The van der Waals surface area contributed by atoms with Crippen LogP contribution in [0, 0.1) is 11.3 Å². The Morgan fingerprint density at radius 1 is 1.18 bits per heavy atom. The molecule has 1 atom stereocenters. The molecule has 150 valence electrons. The van der Waals surface area contributed by atoms with Crippen LogP contribution in [0.2, 0.25) is 0 Å². The number of piperidine rings is 1. The zero-order valence-corrected chi connectivity index (χ0v) is 17.0. The van der Waals surface area contributed by atoms with E-state index in [1.165, 1.54) is 0 Å². The smallest absolute Gasteiger partial charge is 0.410 e. The highest BCUT2D eigenvalue weighted by molar-refractivity contribution is 5.86. The van der Waals surface area contributed by atoms with Crippen molar-refractivity contribution in [3.8, 4) is 6.07 Å². The molecule has 1 unspecified atom stereocenters. The molecule has 2 fully saturated rings. The predicted octanol–water partition coefficient (Wildman–Crippen LogP) is 3.84. The van der Waals surface area contributed by atoms with Gasteiger partial charge in [-0.3, -0.25) is 9.69 Å². The monoisotopic (exact) mass is 383 g/mol. The van der Waals surface area contributed by atoms with Gasteiger partial charge in [-0.2, -0.15) is 5.26 Å². The average molecular weight is 383 g/mol. The predicted molar refractivity (Wildman–Crippen MR) is 105 cm³/mol.